The van der Waals surface area contributed by atoms with Crippen molar-refractivity contribution in [2.24, 2.45) is 28.2 Å². The number of nitrogens with one attached hydrogen (secondary N) is 1. The van der Waals surface area contributed by atoms with E-state index in [1.807, 2.05) is 134 Å². The molecule has 0 aliphatic carbocycles. The van der Waals surface area contributed by atoms with Crippen molar-refractivity contribution in [3.8, 4) is 5.75 Å². The van der Waals surface area contributed by atoms with E-state index in [9.17, 15) is 61.2 Å². The highest BCUT2D eigenvalue weighted by Gasteiger charge is 2.36. The number of thiophene rings is 1. The molecule has 0 radical (unpaired) electrons. The van der Waals surface area contributed by atoms with Crippen LogP contribution in [0.5, 0.6) is 5.75 Å². The van der Waals surface area contributed by atoms with Gasteiger partial charge in [-0.25, -0.2) is 22.8 Å². The number of carbonyl (C=O) groups excluding carboxylic acids is 7. The molecule has 4 saturated heterocycles. The van der Waals surface area contributed by atoms with Gasteiger partial charge in [0.15, 0.2) is 0 Å². The minimum Gasteiger partial charge on any atom is -0.497 e. The van der Waals surface area contributed by atoms with Crippen molar-refractivity contribution in [2.45, 2.75) is 20.8 Å². The van der Waals surface area contributed by atoms with Gasteiger partial charge in [-0.05, 0) is 123 Å². The number of piperazine rings is 4. The minimum absolute atomic E-state index is 0.00651. The number of fused-ring (bicyclic) bond motifs is 4. The van der Waals surface area contributed by atoms with E-state index in [4.69, 9.17) is 53.8 Å². The SMILES string of the molecule is CCOC(=O)c1c(N2CCN(C(=O)c3ccc(Cl)c(Cl)c3)CC2)c2ccccc2n(C)c1=O.CCOC(=O)c1c(N2CCN(C(=O)c3ccc(Cl)cc3)CC2)c2ccccc2n(C)c1=O.CCOC(=O)c1c(N2CCN(C(=O)c3ccc(OC)cc3)CC2)c2ccccc2n(C)c1=O.Cn1c(=O)c(NS(C)(=O)=O)c(N2CCN(C(=O)c3cccs3)CC2)c2ccccc21. The number of aryl methyl sites for hydroxylation is 4. The van der Waals surface area contributed by atoms with Gasteiger partial charge < -0.3 is 76.4 Å². The highest BCUT2D eigenvalue weighted by molar-refractivity contribution is 7.92. The van der Waals surface area contributed by atoms with Crippen LogP contribution in [0.4, 0.5) is 28.4 Å². The predicted octanol–water partition coefficient (Wildman–Crippen LogP) is 11.9. The molecule has 0 unspecified atom stereocenters. The van der Waals surface area contributed by atoms with Gasteiger partial charge in [0.2, 0.25) is 10.0 Å². The number of anilines is 5. The van der Waals surface area contributed by atoms with E-state index < -0.39 is 44.6 Å². The molecule has 4 fully saturated rings. The van der Waals surface area contributed by atoms with Crippen LogP contribution in [0.15, 0.2) is 200 Å². The summed E-state index contributed by atoms with van der Waals surface area (Å²) in [6.07, 6.45) is 1.03. The molecule has 4 aliphatic heterocycles. The lowest BCUT2D eigenvalue weighted by atomic mass is 10.1. The number of nitrogens with zero attached hydrogens (tertiary/aromatic N) is 12. The third-order valence-corrected chi connectivity index (χ3v) is 25.1. The Hall–Kier alpha value is -13.0. The second-order valence-electron chi connectivity index (χ2n) is 30.4. The Balaban J connectivity index is 0.000000146. The first-order valence-corrected chi connectivity index (χ1v) is 45.4. The Bertz CT molecular complexity index is 6620. The number of aromatic nitrogens is 4. The molecular formula is C93H96Cl3N13O17S2. The van der Waals surface area contributed by atoms with E-state index in [-0.39, 0.29) is 71.4 Å². The molecule has 30 nitrogen and oxygen atoms in total. The molecule has 7 aromatic carbocycles. The highest BCUT2D eigenvalue weighted by Crippen LogP contribution is 2.37. The fourth-order valence-electron chi connectivity index (χ4n) is 16.3. The molecule has 9 heterocycles. The summed E-state index contributed by atoms with van der Waals surface area (Å²) in [4.78, 5) is 158. The molecular weight excluding hydrogens is 1740 g/mol. The first-order chi connectivity index (χ1) is 61.5. The zero-order valence-corrected chi connectivity index (χ0v) is 75.9. The maximum absolute atomic E-state index is 13.1. The monoisotopic (exact) mass is 1840 g/mol. The second-order valence-corrected chi connectivity index (χ2v) is 34.4. The molecule has 12 aromatic rings. The summed E-state index contributed by atoms with van der Waals surface area (Å²) in [7, 11) is 4.51. The van der Waals surface area contributed by atoms with Crippen LogP contribution >= 0.6 is 46.1 Å². The van der Waals surface area contributed by atoms with Gasteiger partial charge in [0.25, 0.3) is 45.9 Å². The van der Waals surface area contributed by atoms with Gasteiger partial charge in [0, 0.05) is 176 Å². The summed E-state index contributed by atoms with van der Waals surface area (Å²) in [6, 6.07) is 52.2. The summed E-state index contributed by atoms with van der Waals surface area (Å²) >= 11 is 19.4. The van der Waals surface area contributed by atoms with E-state index in [0.29, 0.717) is 175 Å². The lowest BCUT2D eigenvalue weighted by Crippen LogP contribution is -2.49. The quantitative estimate of drug-likeness (QED) is 0.0654. The van der Waals surface area contributed by atoms with E-state index in [1.54, 1.807) is 142 Å². The summed E-state index contributed by atoms with van der Waals surface area (Å²) in [6.45, 7) is 13.2. The molecule has 0 saturated carbocycles. The van der Waals surface area contributed by atoms with E-state index in [0.717, 1.165) is 44.4 Å². The molecule has 0 atom stereocenters. The van der Waals surface area contributed by atoms with E-state index in [2.05, 4.69) is 4.72 Å². The first-order valence-electron chi connectivity index (χ1n) is 41.5. The van der Waals surface area contributed by atoms with Crippen molar-refractivity contribution in [3.63, 3.8) is 0 Å². The average Bonchev–Trinajstić information content (AvgIpc) is 0.828. The summed E-state index contributed by atoms with van der Waals surface area (Å²) < 4.78 is 53.1. The van der Waals surface area contributed by atoms with Crippen molar-refractivity contribution >= 4 is 170 Å². The number of ether oxygens (including phenoxy) is 4. The Morgan fingerprint density at radius 2 is 0.688 bits per heavy atom. The summed E-state index contributed by atoms with van der Waals surface area (Å²) in [5, 5.41) is 6.34. The van der Waals surface area contributed by atoms with Crippen molar-refractivity contribution in [1.29, 1.82) is 0 Å². The van der Waals surface area contributed by atoms with E-state index in [1.165, 1.54) is 29.6 Å². The normalized spacial score (nSPS) is 14.1. The smallest absolute Gasteiger partial charge is 0.345 e. The molecule has 0 spiro atoms. The van der Waals surface area contributed by atoms with Gasteiger partial charge in [-0.1, -0.05) is 114 Å². The number of benzene rings is 7. The maximum atomic E-state index is 13.1. The van der Waals surface area contributed by atoms with Crippen molar-refractivity contribution in [1.82, 2.24) is 37.9 Å². The van der Waals surface area contributed by atoms with E-state index >= 15 is 0 Å². The number of carbonyl (C=O) groups is 7. The fourth-order valence-corrected chi connectivity index (χ4v) is 17.9. The number of rotatable bonds is 17. The topological polar surface area (TPSA) is 316 Å². The third-order valence-electron chi connectivity index (χ3n) is 22.7. The van der Waals surface area contributed by atoms with Crippen LogP contribution in [-0.2, 0) is 52.4 Å². The molecule has 16 rings (SSSR count). The molecule has 35 heteroatoms. The molecule has 5 aromatic heterocycles. The van der Waals surface area contributed by atoms with Crippen LogP contribution in [0.2, 0.25) is 15.1 Å². The Labute approximate surface area is 756 Å². The van der Waals surface area contributed by atoms with Crippen LogP contribution in [0.1, 0.15) is 92.6 Å². The van der Waals surface area contributed by atoms with Crippen molar-refractivity contribution in [2.75, 3.05) is 162 Å². The lowest BCUT2D eigenvalue weighted by Gasteiger charge is -2.37. The van der Waals surface area contributed by atoms with Gasteiger partial charge in [-0.3, -0.25) is 43.1 Å². The zero-order valence-electron chi connectivity index (χ0n) is 72.0. The predicted molar refractivity (Wildman–Crippen MR) is 501 cm³/mol. The number of para-hydroxylation sites is 4. The number of esters is 3. The number of hydrogen-bond donors (Lipinski definition) is 1. The highest BCUT2D eigenvalue weighted by atomic mass is 35.5. The van der Waals surface area contributed by atoms with Crippen LogP contribution in [0.25, 0.3) is 43.6 Å². The first kappa shape index (κ1) is 92.7. The zero-order chi connectivity index (χ0) is 91.5. The third kappa shape index (κ3) is 19.9. The molecule has 668 valence electrons. The van der Waals surface area contributed by atoms with Gasteiger partial charge in [0.05, 0.1) is 92.9 Å². The molecule has 0 bridgehead atoms. The number of sulfonamides is 1. The second kappa shape index (κ2) is 40.7. The summed E-state index contributed by atoms with van der Waals surface area (Å²) in [5.74, 6) is -1.49. The number of hydrogen-bond acceptors (Lipinski definition) is 22. The number of amides is 4. The van der Waals surface area contributed by atoms with Gasteiger partial charge in [-0.15, -0.1) is 11.3 Å². The van der Waals surface area contributed by atoms with Crippen LogP contribution in [-0.4, -0.2) is 226 Å². The molecule has 4 aliphatic rings. The fraction of sp³-hybridized carbons (Fsp3) is 0.301. The average molecular weight is 1840 g/mol. The van der Waals surface area contributed by atoms with Crippen LogP contribution < -0.4 is 51.3 Å². The van der Waals surface area contributed by atoms with Crippen LogP contribution in [0, 0.1) is 0 Å². The Kier molecular flexibility index (Phi) is 29.5. The molecule has 4 amide bonds. The Morgan fingerprint density at radius 1 is 0.375 bits per heavy atom. The molecule has 1 N–H and O–H groups in total. The van der Waals surface area contributed by atoms with Gasteiger partial charge in [0.1, 0.15) is 28.1 Å². The van der Waals surface area contributed by atoms with Gasteiger partial charge >= 0.3 is 17.9 Å². The summed E-state index contributed by atoms with van der Waals surface area (Å²) in [5.41, 5.74) is 5.32. The van der Waals surface area contributed by atoms with Gasteiger partial charge in [-0.2, -0.15) is 0 Å². The Morgan fingerprint density at radius 3 is 1.02 bits per heavy atom. The number of halogens is 3. The standard InChI is InChI=1S/C25H27N3O5.C24H23Cl2N3O4.C24H24ClN3O4.C20H22N4O4S2/c1-4-33-25(31)21-22(19-7-5-6-8-20(19)26(2)24(21)30)27-13-15-28(16-14-27)23(29)17-9-11-18(32-3)12-10-17;1-3-33-24(32)20-21(16-6-4-5-7-19(16)27(2)23(20)31)28-10-12-29(13-11-28)22(30)15-8-9-17(25)18(26)14-15;1-3-32-24(31)20-21(18-6-4-5-7-19(18)26(2)23(20)30)27-12-14-28(15-13-27)22(29)16-8-10-17(25)11-9-16;1-22-15-7-4-3-6-14(15)18(17(20(22)26)21-30(2,27)28)23-9-11-24(12-10-23)19(25)16-8-5-13-29-16/h5-12H,4,13-16H2,1-3H3;4-9,14H,3,10-13H2,1-2H3;4-11H,3,12-15H2,1-2H3;3-8,13,21H,9-12H2,1-2H3. The maximum Gasteiger partial charge on any atom is 0.345 e. The number of pyridine rings is 4. The largest absolute Gasteiger partial charge is 0.497 e. The van der Waals surface area contributed by atoms with Crippen molar-refractivity contribution in [3.05, 3.63) is 276 Å². The van der Waals surface area contributed by atoms with Crippen LogP contribution in [0.3, 0.4) is 0 Å². The van der Waals surface area contributed by atoms with Crippen molar-refractivity contribution < 1.29 is 60.9 Å². The number of methoxy groups -OCH3 is 1. The lowest BCUT2D eigenvalue weighted by molar-refractivity contribution is 0.0514. The minimum atomic E-state index is -3.65. The molecule has 128 heavy (non-hydrogen) atoms.